The molecule has 2 aromatic rings. The van der Waals surface area contributed by atoms with E-state index >= 15 is 0 Å². The van der Waals surface area contributed by atoms with Crippen molar-refractivity contribution in [2.45, 2.75) is 51.4 Å². The molecule has 1 aliphatic carbocycles. The van der Waals surface area contributed by atoms with Crippen molar-refractivity contribution in [3.05, 3.63) is 29.3 Å². The lowest BCUT2D eigenvalue weighted by molar-refractivity contribution is -0.141. The highest BCUT2D eigenvalue weighted by molar-refractivity contribution is 6.01. The molecule has 0 saturated heterocycles. The molecule has 0 radical (unpaired) electrons. The fourth-order valence-electron chi connectivity index (χ4n) is 2.73. The molecule has 3 rings (SSSR count). The van der Waals surface area contributed by atoms with Crippen LogP contribution in [0.4, 0.5) is 18.9 Å². The number of alkyl halides is 3. The highest BCUT2D eigenvalue weighted by atomic mass is 19.4. The SMILES string of the molecule is CCn1cc(NC(=O)CCn2nc(C(F)(F)F)cc2C2CC2)c(C(N)=O)n1. The smallest absolute Gasteiger partial charge is 0.364 e. The van der Waals surface area contributed by atoms with Gasteiger partial charge in [-0.2, -0.15) is 23.4 Å². The summed E-state index contributed by atoms with van der Waals surface area (Å²) in [5.74, 6) is -1.20. The number of hydrogen-bond donors (Lipinski definition) is 2. The molecule has 0 aliphatic heterocycles. The molecule has 8 nitrogen and oxygen atoms in total. The summed E-state index contributed by atoms with van der Waals surface area (Å²) < 4.78 is 41.4. The predicted octanol–water partition coefficient (Wildman–Crippen LogP) is 2.12. The Bertz CT molecular complexity index is 866. The van der Waals surface area contributed by atoms with Crippen LogP contribution < -0.4 is 11.1 Å². The molecule has 1 saturated carbocycles. The molecule has 2 amide bonds. The predicted molar refractivity (Wildman–Crippen MR) is 88.9 cm³/mol. The first-order chi connectivity index (χ1) is 12.7. The second-order valence-corrected chi connectivity index (χ2v) is 6.36. The Labute approximate surface area is 152 Å². The van der Waals surface area contributed by atoms with Crippen LogP contribution in [0, 0.1) is 0 Å². The molecule has 146 valence electrons. The zero-order valence-electron chi connectivity index (χ0n) is 14.6. The summed E-state index contributed by atoms with van der Waals surface area (Å²) >= 11 is 0. The van der Waals surface area contributed by atoms with Crippen molar-refractivity contribution >= 4 is 17.5 Å². The van der Waals surface area contributed by atoms with E-state index in [4.69, 9.17) is 5.73 Å². The maximum absolute atomic E-state index is 12.9. The number of aryl methyl sites for hydroxylation is 2. The van der Waals surface area contributed by atoms with Gasteiger partial charge in [0.05, 0.1) is 5.69 Å². The summed E-state index contributed by atoms with van der Waals surface area (Å²) in [6, 6.07) is 1.05. The molecule has 3 N–H and O–H groups in total. The van der Waals surface area contributed by atoms with E-state index in [2.05, 4.69) is 15.5 Å². The molecule has 0 aromatic carbocycles. The number of anilines is 1. The van der Waals surface area contributed by atoms with Crippen LogP contribution in [0.1, 0.15) is 54.0 Å². The van der Waals surface area contributed by atoms with Crippen molar-refractivity contribution < 1.29 is 22.8 Å². The number of carbonyl (C=O) groups is 2. The first-order valence-electron chi connectivity index (χ1n) is 8.51. The maximum atomic E-state index is 12.9. The Morgan fingerprint density at radius 1 is 1.33 bits per heavy atom. The lowest BCUT2D eigenvalue weighted by Gasteiger charge is -2.07. The molecule has 27 heavy (non-hydrogen) atoms. The number of nitrogens with zero attached hydrogens (tertiary/aromatic N) is 4. The van der Waals surface area contributed by atoms with Crippen molar-refractivity contribution in [3.63, 3.8) is 0 Å². The van der Waals surface area contributed by atoms with Gasteiger partial charge in [0.15, 0.2) is 11.4 Å². The molecule has 0 spiro atoms. The monoisotopic (exact) mass is 384 g/mol. The Morgan fingerprint density at radius 3 is 2.59 bits per heavy atom. The number of aromatic nitrogens is 4. The van der Waals surface area contributed by atoms with E-state index in [0.29, 0.717) is 12.2 Å². The number of nitrogens with one attached hydrogen (secondary N) is 1. The number of rotatable bonds is 7. The van der Waals surface area contributed by atoms with Crippen molar-refractivity contribution in [3.8, 4) is 0 Å². The molecular weight excluding hydrogens is 365 g/mol. The highest BCUT2D eigenvalue weighted by Crippen LogP contribution is 2.42. The second-order valence-electron chi connectivity index (χ2n) is 6.36. The van der Waals surface area contributed by atoms with E-state index < -0.39 is 23.7 Å². The molecule has 0 bridgehead atoms. The van der Waals surface area contributed by atoms with Gasteiger partial charge in [-0.15, -0.1) is 0 Å². The van der Waals surface area contributed by atoms with Crippen LogP contribution in [-0.2, 0) is 24.1 Å². The lowest BCUT2D eigenvalue weighted by Crippen LogP contribution is -2.19. The number of amides is 2. The summed E-state index contributed by atoms with van der Waals surface area (Å²) in [4.78, 5) is 23.6. The third-order valence-corrected chi connectivity index (χ3v) is 4.24. The standard InChI is InChI=1S/C16H19F3N6O2/c1-2-24-8-10(14(23-24)15(20)27)21-13(26)5-6-25-11(9-3-4-9)7-12(22-25)16(17,18)19/h7-9H,2-6H2,1H3,(H2,20,27)(H,21,26). The van der Waals surface area contributed by atoms with Gasteiger partial charge in [-0.05, 0) is 25.8 Å². The molecular formula is C16H19F3N6O2. The Hall–Kier alpha value is -2.85. The van der Waals surface area contributed by atoms with Gasteiger partial charge in [-0.3, -0.25) is 19.0 Å². The first kappa shape index (κ1) is 18.9. The Kier molecular flexibility index (Phi) is 4.94. The molecule has 2 aromatic heterocycles. The van der Waals surface area contributed by atoms with Crippen molar-refractivity contribution in [1.29, 1.82) is 0 Å². The number of hydrogen-bond acceptors (Lipinski definition) is 4. The average Bonchev–Trinajstić information content (AvgIpc) is 3.19. The van der Waals surface area contributed by atoms with Crippen LogP contribution in [0.5, 0.6) is 0 Å². The van der Waals surface area contributed by atoms with Crippen LogP contribution in [0.2, 0.25) is 0 Å². The lowest BCUT2D eigenvalue weighted by atomic mass is 10.2. The van der Waals surface area contributed by atoms with E-state index in [1.807, 2.05) is 0 Å². The van der Waals surface area contributed by atoms with Gasteiger partial charge >= 0.3 is 6.18 Å². The van der Waals surface area contributed by atoms with Crippen molar-refractivity contribution in [1.82, 2.24) is 19.6 Å². The third-order valence-electron chi connectivity index (χ3n) is 4.24. The van der Waals surface area contributed by atoms with Crippen molar-refractivity contribution in [2.24, 2.45) is 5.73 Å². The zero-order chi connectivity index (χ0) is 19.8. The van der Waals surface area contributed by atoms with Crippen LogP contribution in [0.15, 0.2) is 12.3 Å². The zero-order valence-corrected chi connectivity index (χ0v) is 14.6. The molecule has 0 unspecified atom stereocenters. The second kappa shape index (κ2) is 7.05. The van der Waals surface area contributed by atoms with E-state index in [1.165, 1.54) is 15.6 Å². The van der Waals surface area contributed by atoms with E-state index in [9.17, 15) is 22.8 Å². The molecule has 2 heterocycles. The maximum Gasteiger partial charge on any atom is 0.435 e. The van der Waals surface area contributed by atoms with Gasteiger partial charge in [-0.1, -0.05) is 0 Å². The summed E-state index contributed by atoms with van der Waals surface area (Å²) in [5, 5.41) is 10.1. The van der Waals surface area contributed by atoms with E-state index in [-0.39, 0.29) is 30.3 Å². The van der Waals surface area contributed by atoms with Gasteiger partial charge < -0.3 is 11.1 Å². The molecule has 1 aliphatic rings. The highest BCUT2D eigenvalue weighted by Gasteiger charge is 2.37. The summed E-state index contributed by atoms with van der Waals surface area (Å²) in [7, 11) is 0. The van der Waals surface area contributed by atoms with Gasteiger partial charge in [0.1, 0.15) is 0 Å². The van der Waals surface area contributed by atoms with Gasteiger partial charge in [-0.25, -0.2) is 0 Å². The first-order valence-corrected chi connectivity index (χ1v) is 8.51. The van der Waals surface area contributed by atoms with E-state index in [0.717, 1.165) is 18.9 Å². The van der Waals surface area contributed by atoms with E-state index in [1.54, 1.807) is 6.92 Å². The van der Waals surface area contributed by atoms with Crippen molar-refractivity contribution in [2.75, 3.05) is 5.32 Å². The number of primary amides is 1. The minimum atomic E-state index is -4.53. The number of nitrogens with two attached hydrogens (primary N) is 1. The van der Waals surface area contributed by atoms with Crippen LogP contribution in [-0.4, -0.2) is 31.4 Å². The summed E-state index contributed by atoms with van der Waals surface area (Å²) in [5.41, 5.74) is 4.89. The minimum Gasteiger partial charge on any atom is -0.364 e. The van der Waals surface area contributed by atoms with Gasteiger partial charge in [0.25, 0.3) is 5.91 Å². The van der Waals surface area contributed by atoms with Crippen LogP contribution in [0.3, 0.4) is 0 Å². The van der Waals surface area contributed by atoms with Crippen LogP contribution >= 0.6 is 0 Å². The topological polar surface area (TPSA) is 108 Å². The fourth-order valence-corrected chi connectivity index (χ4v) is 2.73. The number of halogens is 3. The summed E-state index contributed by atoms with van der Waals surface area (Å²) in [6.07, 6.45) is -1.53. The normalized spacial score (nSPS) is 14.4. The van der Waals surface area contributed by atoms with Gasteiger partial charge in [0, 0.05) is 37.3 Å². The van der Waals surface area contributed by atoms with Gasteiger partial charge in [0.2, 0.25) is 5.91 Å². The molecule has 1 fully saturated rings. The largest absolute Gasteiger partial charge is 0.435 e. The number of carbonyl (C=O) groups excluding carboxylic acids is 2. The quantitative estimate of drug-likeness (QED) is 0.762. The molecule has 0 atom stereocenters. The van der Waals surface area contributed by atoms with Crippen LogP contribution in [0.25, 0.3) is 0 Å². The average molecular weight is 384 g/mol. The summed E-state index contributed by atoms with van der Waals surface area (Å²) in [6.45, 7) is 2.29. The molecule has 11 heteroatoms. The Morgan fingerprint density at radius 2 is 2.04 bits per heavy atom. The third kappa shape index (κ3) is 4.29. The Balaban J connectivity index is 1.69. The minimum absolute atomic E-state index is 0.00155. The fraction of sp³-hybridized carbons (Fsp3) is 0.500.